The largest absolute Gasteiger partial charge is 0.506 e. The Morgan fingerprint density at radius 1 is 1.16 bits per heavy atom. The Kier molecular flexibility index (Phi) is 8.79. The van der Waals surface area contributed by atoms with Crippen LogP contribution in [0.2, 0.25) is 0 Å². The standard InChI is InChI=1S/C26H31BrN2O7S/c1-5-36-26(31)24-20(15-37(32)16-6-7-21(33-3)22(12-16)34-4)28(2)19-13-18(27)25(30)17(23(19)24)14-29-8-10-35-11-9-29/h6-7,12-13,30H,5,8-11,14-15H2,1-4H3. The van der Waals surface area contributed by atoms with Gasteiger partial charge in [-0.05, 0) is 41.1 Å². The molecule has 1 fully saturated rings. The van der Waals surface area contributed by atoms with Gasteiger partial charge in [-0.2, -0.15) is 0 Å². The van der Waals surface area contributed by atoms with Gasteiger partial charge in [0, 0.05) is 54.3 Å². The van der Waals surface area contributed by atoms with E-state index in [9.17, 15) is 14.1 Å². The molecule has 1 aliphatic heterocycles. The number of aromatic nitrogens is 1. The first-order chi connectivity index (χ1) is 17.8. The third kappa shape index (κ3) is 5.50. The van der Waals surface area contributed by atoms with E-state index < -0.39 is 16.8 Å². The number of nitrogens with zero attached hydrogens (tertiary/aromatic N) is 2. The number of phenolic OH excluding ortho intramolecular Hbond substituents is 1. The van der Waals surface area contributed by atoms with Crippen molar-refractivity contribution in [1.29, 1.82) is 0 Å². The van der Waals surface area contributed by atoms with Gasteiger partial charge in [-0.3, -0.25) is 9.11 Å². The number of aryl methyl sites for hydroxylation is 1. The molecule has 1 unspecified atom stereocenters. The minimum absolute atomic E-state index is 0.0597. The molecule has 200 valence electrons. The Morgan fingerprint density at radius 2 is 1.86 bits per heavy atom. The molecule has 1 saturated heterocycles. The number of phenols is 1. The number of hydrogen-bond acceptors (Lipinski definition) is 8. The zero-order valence-electron chi connectivity index (χ0n) is 21.3. The Bertz CT molecular complexity index is 1330. The zero-order valence-corrected chi connectivity index (χ0v) is 23.7. The van der Waals surface area contributed by atoms with Crippen LogP contribution in [0.5, 0.6) is 17.2 Å². The van der Waals surface area contributed by atoms with Gasteiger partial charge in [0.15, 0.2) is 11.5 Å². The van der Waals surface area contributed by atoms with E-state index in [2.05, 4.69) is 20.8 Å². The highest BCUT2D eigenvalue weighted by Crippen LogP contribution is 2.40. The first-order valence-electron chi connectivity index (χ1n) is 11.9. The molecule has 4 rings (SSSR count). The van der Waals surface area contributed by atoms with Gasteiger partial charge in [-0.25, -0.2) is 4.79 Å². The second kappa shape index (κ2) is 11.8. The van der Waals surface area contributed by atoms with Gasteiger partial charge in [0.2, 0.25) is 0 Å². The molecule has 0 spiro atoms. The highest BCUT2D eigenvalue weighted by molar-refractivity contribution is 9.10. The first-order valence-corrected chi connectivity index (χ1v) is 14.0. The first kappa shape index (κ1) is 27.4. The van der Waals surface area contributed by atoms with Crippen molar-refractivity contribution in [2.75, 3.05) is 47.1 Å². The smallest absolute Gasteiger partial charge is 0.340 e. The van der Waals surface area contributed by atoms with Crippen LogP contribution >= 0.6 is 15.9 Å². The van der Waals surface area contributed by atoms with Crippen LogP contribution in [0.15, 0.2) is 33.6 Å². The van der Waals surface area contributed by atoms with E-state index >= 15 is 0 Å². The second-order valence-corrected chi connectivity index (χ2v) is 10.9. The summed E-state index contributed by atoms with van der Waals surface area (Å²) in [6, 6.07) is 6.87. The summed E-state index contributed by atoms with van der Waals surface area (Å²) < 4.78 is 37.5. The molecule has 3 aromatic rings. The average Bonchev–Trinajstić information content (AvgIpc) is 3.17. The number of hydrogen-bond donors (Lipinski definition) is 1. The number of esters is 1. The highest BCUT2D eigenvalue weighted by atomic mass is 79.9. The maximum absolute atomic E-state index is 13.5. The molecule has 2 aromatic carbocycles. The van der Waals surface area contributed by atoms with Crippen LogP contribution in [0, 0.1) is 0 Å². The van der Waals surface area contributed by atoms with Crippen LogP contribution in [-0.4, -0.2) is 71.9 Å². The van der Waals surface area contributed by atoms with Gasteiger partial charge in [0.05, 0.1) is 66.1 Å². The number of aromatic hydroxyl groups is 1. The van der Waals surface area contributed by atoms with E-state index in [0.717, 1.165) is 5.52 Å². The number of methoxy groups -OCH3 is 2. The number of carbonyl (C=O) groups is 1. The van der Waals surface area contributed by atoms with Crippen molar-refractivity contribution in [3.05, 3.63) is 45.6 Å². The van der Waals surface area contributed by atoms with Gasteiger partial charge in [-0.1, -0.05) is 0 Å². The Balaban J connectivity index is 1.85. The van der Waals surface area contributed by atoms with Crippen molar-refractivity contribution >= 4 is 43.6 Å². The minimum Gasteiger partial charge on any atom is -0.506 e. The average molecular weight is 596 g/mol. The molecule has 0 amide bonds. The van der Waals surface area contributed by atoms with Crippen LogP contribution in [0.1, 0.15) is 28.5 Å². The van der Waals surface area contributed by atoms with Crippen LogP contribution in [0.3, 0.4) is 0 Å². The fraction of sp³-hybridized carbons (Fsp3) is 0.423. The fourth-order valence-electron chi connectivity index (χ4n) is 4.57. The van der Waals surface area contributed by atoms with E-state index in [-0.39, 0.29) is 18.1 Å². The van der Waals surface area contributed by atoms with Crippen molar-refractivity contribution < 1.29 is 33.1 Å². The summed E-state index contributed by atoms with van der Waals surface area (Å²) in [5.74, 6) is 0.621. The van der Waals surface area contributed by atoms with Crippen LogP contribution in [-0.2, 0) is 39.6 Å². The molecule has 0 bridgehead atoms. The van der Waals surface area contributed by atoms with E-state index in [1.807, 2.05) is 11.6 Å². The van der Waals surface area contributed by atoms with Crippen molar-refractivity contribution in [2.24, 2.45) is 7.05 Å². The third-order valence-corrected chi connectivity index (χ3v) is 8.41. The molecule has 2 heterocycles. The van der Waals surface area contributed by atoms with Crippen molar-refractivity contribution in [1.82, 2.24) is 9.47 Å². The summed E-state index contributed by atoms with van der Waals surface area (Å²) in [7, 11) is 3.38. The minimum atomic E-state index is -1.51. The molecule has 0 radical (unpaired) electrons. The highest BCUT2D eigenvalue weighted by Gasteiger charge is 2.29. The topological polar surface area (TPSA) is 99.5 Å². The predicted octanol–water partition coefficient (Wildman–Crippen LogP) is 3.98. The molecule has 1 aliphatic rings. The Labute approximate surface area is 226 Å². The lowest BCUT2D eigenvalue weighted by Crippen LogP contribution is -2.35. The van der Waals surface area contributed by atoms with E-state index in [1.54, 1.807) is 31.2 Å². The molecule has 0 saturated carbocycles. The zero-order chi connectivity index (χ0) is 26.7. The maximum atomic E-state index is 13.5. The molecular weight excluding hydrogens is 564 g/mol. The van der Waals surface area contributed by atoms with Gasteiger partial charge in [0.1, 0.15) is 5.75 Å². The number of halogens is 1. The quantitative estimate of drug-likeness (QED) is 0.371. The van der Waals surface area contributed by atoms with Gasteiger partial charge in [0.25, 0.3) is 0 Å². The van der Waals surface area contributed by atoms with E-state index in [4.69, 9.17) is 18.9 Å². The van der Waals surface area contributed by atoms with Gasteiger partial charge in [-0.15, -0.1) is 0 Å². The molecule has 11 heteroatoms. The Morgan fingerprint density at radius 3 is 2.51 bits per heavy atom. The lowest BCUT2D eigenvalue weighted by molar-refractivity contribution is 0.0340. The summed E-state index contributed by atoms with van der Waals surface area (Å²) in [6.45, 7) is 5.00. The number of morpholine rings is 1. The molecule has 9 nitrogen and oxygen atoms in total. The second-order valence-electron chi connectivity index (χ2n) is 8.58. The third-order valence-electron chi connectivity index (χ3n) is 6.49. The molecule has 0 aliphatic carbocycles. The lowest BCUT2D eigenvalue weighted by Gasteiger charge is -2.27. The number of ether oxygens (including phenoxy) is 4. The van der Waals surface area contributed by atoms with Crippen LogP contribution < -0.4 is 9.47 Å². The lowest BCUT2D eigenvalue weighted by atomic mass is 10.0. The van der Waals surface area contributed by atoms with Crippen molar-refractivity contribution in [3.8, 4) is 17.2 Å². The summed E-state index contributed by atoms with van der Waals surface area (Å²) in [5.41, 5.74) is 2.23. The molecule has 37 heavy (non-hydrogen) atoms. The fourth-order valence-corrected chi connectivity index (χ4v) is 6.24. The number of benzene rings is 2. The monoisotopic (exact) mass is 594 g/mol. The summed E-state index contributed by atoms with van der Waals surface area (Å²) >= 11 is 3.48. The normalized spacial score (nSPS) is 15.1. The molecule has 1 N–H and O–H groups in total. The predicted molar refractivity (Wildman–Crippen MR) is 144 cm³/mol. The van der Waals surface area contributed by atoms with Crippen molar-refractivity contribution in [3.63, 3.8) is 0 Å². The SMILES string of the molecule is CCOC(=O)c1c(CS(=O)c2ccc(OC)c(OC)c2)n(C)c2cc(Br)c(O)c(CN3CCOCC3)c12. The summed E-state index contributed by atoms with van der Waals surface area (Å²) in [4.78, 5) is 16.0. The maximum Gasteiger partial charge on any atom is 0.340 e. The number of carbonyl (C=O) groups excluding carboxylic acids is 1. The number of rotatable bonds is 9. The summed E-state index contributed by atoms with van der Waals surface area (Å²) in [5, 5.41) is 11.7. The summed E-state index contributed by atoms with van der Waals surface area (Å²) in [6.07, 6.45) is 0. The molecule has 1 atom stereocenters. The van der Waals surface area contributed by atoms with E-state index in [0.29, 0.717) is 75.9 Å². The van der Waals surface area contributed by atoms with Crippen LogP contribution in [0.4, 0.5) is 0 Å². The van der Waals surface area contributed by atoms with Gasteiger partial charge >= 0.3 is 5.97 Å². The molecular formula is C26H31BrN2O7S. The van der Waals surface area contributed by atoms with Crippen molar-refractivity contribution in [2.45, 2.75) is 24.1 Å². The van der Waals surface area contributed by atoms with E-state index in [1.165, 1.54) is 14.2 Å². The van der Waals surface area contributed by atoms with Gasteiger partial charge < -0.3 is 28.6 Å². The molecule has 1 aromatic heterocycles. The van der Waals surface area contributed by atoms with Crippen LogP contribution in [0.25, 0.3) is 10.9 Å². The number of fused-ring (bicyclic) bond motifs is 1. The Hall–Kier alpha value is -2.60.